The molecule has 0 saturated carbocycles. The van der Waals surface area contributed by atoms with Crippen molar-refractivity contribution in [2.75, 3.05) is 26.2 Å². The van der Waals surface area contributed by atoms with Gasteiger partial charge in [0.15, 0.2) is 0 Å². The Morgan fingerprint density at radius 1 is 0.889 bits per heavy atom. The molecule has 146 valence electrons. The van der Waals surface area contributed by atoms with E-state index < -0.39 is 0 Å². The Morgan fingerprint density at radius 2 is 1.48 bits per heavy atom. The predicted molar refractivity (Wildman–Crippen MR) is 123 cm³/mol. The molecule has 0 aliphatic carbocycles. The minimum Gasteiger partial charge on any atom is -0.314 e. The van der Waals surface area contributed by atoms with Crippen molar-refractivity contribution in [3.63, 3.8) is 0 Å². The highest BCUT2D eigenvalue weighted by Crippen LogP contribution is 2.38. The zero-order valence-electron chi connectivity index (χ0n) is 16.2. The minimum atomic E-state index is 0. The van der Waals surface area contributed by atoms with Gasteiger partial charge in [-0.1, -0.05) is 68.8 Å². The summed E-state index contributed by atoms with van der Waals surface area (Å²) in [6.07, 6.45) is 1.20. The fourth-order valence-electron chi connectivity index (χ4n) is 4.37. The number of halogens is 2. The lowest BCUT2D eigenvalue weighted by Gasteiger charge is -2.39. The Labute approximate surface area is 175 Å². The van der Waals surface area contributed by atoms with E-state index in [4.69, 9.17) is 0 Å². The van der Waals surface area contributed by atoms with Gasteiger partial charge in [0.25, 0.3) is 0 Å². The van der Waals surface area contributed by atoms with E-state index >= 15 is 0 Å². The third-order valence-electron chi connectivity index (χ3n) is 5.85. The monoisotopic (exact) mass is 404 g/mol. The summed E-state index contributed by atoms with van der Waals surface area (Å²) in [6.45, 7) is 9.20. The Morgan fingerprint density at radius 3 is 2.15 bits per heavy atom. The standard InChI is InChI=1S/C23H28N2.2ClH/c1-3-17(2)23(25-14-12-24-13-15-25)22-16-18-8-4-5-9-19(18)20-10-6-7-11-21(20)22;;/h4-11,16-17,23-24H,3,12-15H2,1-2H3;2*1H/t17?,23-;;/m0../s1. The third kappa shape index (κ3) is 4.25. The topological polar surface area (TPSA) is 15.3 Å². The molecule has 1 N–H and O–H groups in total. The molecule has 0 radical (unpaired) electrons. The van der Waals surface area contributed by atoms with Gasteiger partial charge in [-0.3, -0.25) is 4.90 Å². The lowest BCUT2D eigenvalue weighted by Crippen LogP contribution is -2.46. The predicted octanol–water partition coefficient (Wildman–Crippen LogP) is 5.83. The molecule has 1 fully saturated rings. The quantitative estimate of drug-likeness (QED) is 0.550. The molecule has 2 nitrogen and oxygen atoms in total. The fraction of sp³-hybridized carbons (Fsp3) is 0.391. The van der Waals surface area contributed by atoms with E-state index in [0.717, 1.165) is 26.2 Å². The van der Waals surface area contributed by atoms with Crippen LogP contribution in [0.15, 0.2) is 54.6 Å². The number of nitrogens with zero attached hydrogens (tertiary/aromatic N) is 1. The largest absolute Gasteiger partial charge is 0.314 e. The molecular formula is C23H30Cl2N2. The number of benzene rings is 3. The smallest absolute Gasteiger partial charge is 0.0381 e. The van der Waals surface area contributed by atoms with E-state index in [9.17, 15) is 0 Å². The summed E-state index contributed by atoms with van der Waals surface area (Å²) in [7, 11) is 0. The van der Waals surface area contributed by atoms with Crippen LogP contribution < -0.4 is 5.32 Å². The molecule has 27 heavy (non-hydrogen) atoms. The summed E-state index contributed by atoms with van der Waals surface area (Å²) >= 11 is 0. The van der Waals surface area contributed by atoms with Crippen molar-refractivity contribution in [2.45, 2.75) is 26.3 Å². The molecule has 0 bridgehead atoms. The molecule has 1 aliphatic rings. The molecular weight excluding hydrogens is 375 g/mol. The maximum Gasteiger partial charge on any atom is 0.0381 e. The van der Waals surface area contributed by atoms with Gasteiger partial charge in [-0.25, -0.2) is 0 Å². The third-order valence-corrected chi connectivity index (χ3v) is 5.85. The van der Waals surface area contributed by atoms with E-state index in [0.29, 0.717) is 12.0 Å². The van der Waals surface area contributed by atoms with Crippen molar-refractivity contribution in [1.82, 2.24) is 10.2 Å². The zero-order chi connectivity index (χ0) is 17.2. The molecule has 4 heteroatoms. The van der Waals surface area contributed by atoms with Crippen LogP contribution in [0.5, 0.6) is 0 Å². The first-order valence-corrected chi connectivity index (χ1v) is 9.64. The Balaban J connectivity index is 0.00000131. The van der Waals surface area contributed by atoms with Gasteiger partial charge in [0.05, 0.1) is 0 Å². The number of nitrogens with one attached hydrogen (secondary N) is 1. The van der Waals surface area contributed by atoms with Crippen LogP contribution in [0.2, 0.25) is 0 Å². The molecule has 2 atom stereocenters. The summed E-state index contributed by atoms with van der Waals surface area (Å²) in [4.78, 5) is 2.70. The fourth-order valence-corrected chi connectivity index (χ4v) is 4.37. The average Bonchev–Trinajstić information content (AvgIpc) is 2.69. The number of rotatable bonds is 4. The van der Waals surface area contributed by atoms with Gasteiger partial charge in [-0.2, -0.15) is 0 Å². The van der Waals surface area contributed by atoms with Crippen molar-refractivity contribution in [2.24, 2.45) is 5.92 Å². The van der Waals surface area contributed by atoms with Crippen LogP contribution >= 0.6 is 24.8 Å². The molecule has 1 heterocycles. The summed E-state index contributed by atoms with van der Waals surface area (Å²) in [5.74, 6) is 0.641. The highest BCUT2D eigenvalue weighted by atomic mass is 35.5. The van der Waals surface area contributed by atoms with Crippen LogP contribution in [0.4, 0.5) is 0 Å². The van der Waals surface area contributed by atoms with E-state index in [1.807, 2.05) is 0 Å². The first kappa shape index (κ1) is 22.0. The second kappa shape index (κ2) is 9.75. The lowest BCUT2D eigenvalue weighted by atomic mass is 9.85. The van der Waals surface area contributed by atoms with Gasteiger partial charge in [0.2, 0.25) is 0 Å². The van der Waals surface area contributed by atoms with Gasteiger partial charge < -0.3 is 5.32 Å². The minimum absolute atomic E-state index is 0. The summed E-state index contributed by atoms with van der Waals surface area (Å²) in [5.41, 5.74) is 1.51. The number of fused-ring (bicyclic) bond motifs is 3. The summed E-state index contributed by atoms with van der Waals surface area (Å²) in [6, 6.07) is 20.7. The Hall–Kier alpha value is -1.32. The second-order valence-corrected chi connectivity index (χ2v) is 7.35. The van der Waals surface area contributed by atoms with Gasteiger partial charge in [-0.15, -0.1) is 24.8 Å². The summed E-state index contributed by atoms with van der Waals surface area (Å²) < 4.78 is 0. The maximum atomic E-state index is 3.50. The highest BCUT2D eigenvalue weighted by Gasteiger charge is 2.28. The first-order chi connectivity index (χ1) is 12.3. The van der Waals surface area contributed by atoms with Crippen LogP contribution in [0.1, 0.15) is 31.9 Å². The molecule has 1 unspecified atom stereocenters. The maximum absolute atomic E-state index is 3.50. The molecule has 0 spiro atoms. The molecule has 1 aliphatic heterocycles. The van der Waals surface area contributed by atoms with Gasteiger partial charge in [0, 0.05) is 32.2 Å². The van der Waals surface area contributed by atoms with Crippen molar-refractivity contribution in [3.8, 4) is 0 Å². The molecule has 4 rings (SSSR count). The van der Waals surface area contributed by atoms with Crippen molar-refractivity contribution < 1.29 is 0 Å². The van der Waals surface area contributed by atoms with Crippen LogP contribution in [0.25, 0.3) is 21.5 Å². The van der Waals surface area contributed by atoms with Gasteiger partial charge in [-0.05, 0) is 39.1 Å². The van der Waals surface area contributed by atoms with E-state index in [-0.39, 0.29) is 24.8 Å². The SMILES string of the molecule is CCC(C)[C@@H](c1cc2ccccc2c2ccccc12)N1CCNCC1.Cl.Cl. The van der Waals surface area contributed by atoms with E-state index in [2.05, 4.69) is 78.7 Å². The summed E-state index contributed by atoms with van der Waals surface area (Å²) in [5, 5.41) is 9.04. The molecule has 3 aromatic carbocycles. The lowest BCUT2D eigenvalue weighted by molar-refractivity contribution is 0.129. The average molecular weight is 405 g/mol. The van der Waals surface area contributed by atoms with Crippen LogP contribution in [-0.4, -0.2) is 31.1 Å². The number of piperazine rings is 1. The molecule has 1 saturated heterocycles. The highest BCUT2D eigenvalue weighted by molar-refractivity contribution is 6.09. The second-order valence-electron chi connectivity index (χ2n) is 7.35. The van der Waals surface area contributed by atoms with E-state index in [1.54, 1.807) is 0 Å². The normalized spacial score (nSPS) is 17.1. The van der Waals surface area contributed by atoms with Gasteiger partial charge >= 0.3 is 0 Å². The van der Waals surface area contributed by atoms with Crippen molar-refractivity contribution in [1.29, 1.82) is 0 Å². The molecule has 3 aromatic rings. The van der Waals surface area contributed by atoms with Crippen LogP contribution in [0.3, 0.4) is 0 Å². The van der Waals surface area contributed by atoms with Crippen molar-refractivity contribution >= 4 is 46.4 Å². The Kier molecular flexibility index (Phi) is 7.93. The van der Waals surface area contributed by atoms with Crippen molar-refractivity contribution in [3.05, 3.63) is 60.2 Å². The van der Waals surface area contributed by atoms with Crippen LogP contribution in [0, 0.1) is 5.92 Å². The number of hydrogen-bond acceptors (Lipinski definition) is 2. The first-order valence-electron chi connectivity index (χ1n) is 9.64. The van der Waals surface area contributed by atoms with E-state index in [1.165, 1.54) is 33.5 Å². The van der Waals surface area contributed by atoms with Gasteiger partial charge in [0.1, 0.15) is 0 Å². The molecule has 0 amide bonds. The van der Waals surface area contributed by atoms with Crippen LogP contribution in [-0.2, 0) is 0 Å². The zero-order valence-corrected chi connectivity index (χ0v) is 17.8. The number of hydrogen-bond donors (Lipinski definition) is 1. The molecule has 0 aromatic heterocycles. The Bertz CT molecular complexity index is 875.